The Morgan fingerprint density at radius 2 is 2.06 bits per heavy atom. The van der Waals surface area contributed by atoms with Crippen molar-refractivity contribution in [2.24, 2.45) is 13.0 Å². The van der Waals surface area contributed by atoms with E-state index in [1.54, 1.807) is 0 Å². The summed E-state index contributed by atoms with van der Waals surface area (Å²) >= 11 is 0. The zero-order chi connectivity index (χ0) is 12.9. The van der Waals surface area contributed by atoms with Crippen LogP contribution in [0.5, 0.6) is 0 Å². The van der Waals surface area contributed by atoms with Crippen molar-refractivity contribution in [1.82, 2.24) is 15.1 Å². The molecule has 1 atom stereocenters. The maximum Gasteiger partial charge on any atom is 0.0521 e. The van der Waals surface area contributed by atoms with Gasteiger partial charge in [0.05, 0.1) is 6.20 Å². The first-order chi connectivity index (χ1) is 7.87. The van der Waals surface area contributed by atoms with Gasteiger partial charge in [-0.1, -0.05) is 6.92 Å². The van der Waals surface area contributed by atoms with Crippen LogP contribution in [-0.4, -0.2) is 21.9 Å². The fourth-order valence-electron chi connectivity index (χ4n) is 1.85. The fraction of sp³-hybridized carbons (Fsp3) is 0.786. The molecule has 1 N–H and O–H groups in total. The van der Waals surface area contributed by atoms with Gasteiger partial charge in [0.1, 0.15) is 0 Å². The topological polar surface area (TPSA) is 29.9 Å². The molecule has 1 aromatic rings. The molecule has 0 spiro atoms. The third kappa shape index (κ3) is 6.47. The molecular formula is C14H27N3. The zero-order valence-corrected chi connectivity index (χ0v) is 12.0. The zero-order valence-electron chi connectivity index (χ0n) is 12.0. The molecule has 0 aromatic carbocycles. The van der Waals surface area contributed by atoms with Gasteiger partial charge in [-0.15, -0.1) is 0 Å². The Hall–Kier alpha value is -0.830. The molecular weight excluding hydrogens is 210 g/mol. The fourth-order valence-corrected chi connectivity index (χ4v) is 1.85. The van der Waals surface area contributed by atoms with E-state index in [2.05, 4.69) is 44.3 Å². The molecule has 1 rings (SSSR count). The number of aryl methyl sites for hydroxylation is 2. The van der Waals surface area contributed by atoms with Crippen LogP contribution in [0.3, 0.4) is 0 Å². The van der Waals surface area contributed by atoms with Gasteiger partial charge in [0.25, 0.3) is 0 Å². The number of aromatic nitrogens is 2. The van der Waals surface area contributed by atoms with E-state index in [0.717, 1.165) is 18.9 Å². The van der Waals surface area contributed by atoms with Gasteiger partial charge in [0, 0.05) is 18.8 Å². The van der Waals surface area contributed by atoms with E-state index in [1.165, 1.54) is 18.4 Å². The van der Waals surface area contributed by atoms with Gasteiger partial charge in [-0.05, 0) is 58.1 Å². The molecule has 1 aromatic heterocycles. The highest BCUT2D eigenvalue weighted by atomic mass is 15.2. The van der Waals surface area contributed by atoms with Crippen LogP contribution in [0, 0.1) is 5.92 Å². The maximum atomic E-state index is 4.19. The molecule has 17 heavy (non-hydrogen) atoms. The summed E-state index contributed by atoms with van der Waals surface area (Å²) in [7, 11) is 1.97. The minimum atomic E-state index is 0.239. The monoisotopic (exact) mass is 237 g/mol. The molecule has 1 unspecified atom stereocenters. The molecule has 98 valence electrons. The van der Waals surface area contributed by atoms with Gasteiger partial charge in [-0.25, -0.2) is 0 Å². The number of nitrogens with zero attached hydrogens (tertiary/aromatic N) is 2. The second-order valence-corrected chi connectivity index (χ2v) is 6.13. The average molecular weight is 237 g/mol. The first-order valence-electron chi connectivity index (χ1n) is 6.59. The summed E-state index contributed by atoms with van der Waals surface area (Å²) < 4.78 is 1.88. The molecule has 0 amide bonds. The van der Waals surface area contributed by atoms with Crippen molar-refractivity contribution < 1.29 is 0 Å². The van der Waals surface area contributed by atoms with Crippen LogP contribution in [0.4, 0.5) is 0 Å². The second kappa shape index (κ2) is 6.20. The van der Waals surface area contributed by atoms with Crippen molar-refractivity contribution in [3.63, 3.8) is 0 Å². The van der Waals surface area contributed by atoms with E-state index in [9.17, 15) is 0 Å². The summed E-state index contributed by atoms with van der Waals surface area (Å²) in [6, 6.07) is 0. The number of hydrogen-bond donors (Lipinski definition) is 1. The summed E-state index contributed by atoms with van der Waals surface area (Å²) in [5.41, 5.74) is 1.59. The third-order valence-electron chi connectivity index (χ3n) is 2.98. The van der Waals surface area contributed by atoms with E-state index in [-0.39, 0.29) is 5.54 Å². The van der Waals surface area contributed by atoms with Crippen molar-refractivity contribution >= 4 is 0 Å². The normalized spacial score (nSPS) is 13.9. The van der Waals surface area contributed by atoms with Crippen LogP contribution in [0.15, 0.2) is 12.4 Å². The Bertz CT molecular complexity index is 322. The van der Waals surface area contributed by atoms with Crippen LogP contribution >= 0.6 is 0 Å². The van der Waals surface area contributed by atoms with Gasteiger partial charge in [0.2, 0.25) is 0 Å². The number of rotatable bonds is 6. The van der Waals surface area contributed by atoms with E-state index < -0.39 is 0 Å². The summed E-state index contributed by atoms with van der Waals surface area (Å²) in [4.78, 5) is 0. The molecule has 0 bridgehead atoms. The lowest BCUT2D eigenvalue weighted by Crippen LogP contribution is -2.36. The van der Waals surface area contributed by atoms with Crippen LogP contribution in [0.1, 0.15) is 46.1 Å². The van der Waals surface area contributed by atoms with Crippen LogP contribution < -0.4 is 5.32 Å². The standard InChI is InChI=1S/C14H27N3/c1-12(8-9-15-14(2,3)4)6-7-13-10-16-17(5)11-13/h10-12,15H,6-9H2,1-5H3. The Morgan fingerprint density at radius 1 is 1.35 bits per heavy atom. The maximum absolute atomic E-state index is 4.19. The Labute approximate surface area is 106 Å². The van der Waals surface area contributed by atoms with Gasteiger partial charge in [-0.3, -0.25) is 4.68 Å². The molecule has 1 heterocycles. The van der Waals surface area contributed by atoms with Crippen molar-refractivity contribution in [2.45, 2.75) is 52.5 Å². The first-order valence-corrected chi connectivity index (χ1v) is 6.59. The van der Waals surface area contributed by atoms with Crippen molar-refractivity contribution in [2.75, 3.05) is 6.54 Å². The molecule has 0 saturated carbocycles. The summed E-state index contributed by atoms with van der Waals surface area (Å²) in [5, 5.41) is 7.73. The lowest BCUT2D eigenvalue weighted by Gasteiger charge is -2.21. The Kier molecular flexibility index (Phi) is 5.19. The average Bonchev–Trinajstić information content (AvgIpc) is 2.59. The predicted molar refractivity (Wildman–Crippen MR) is 73.1 cm³/mol. The van der Waals surface area contributed by atoms with Gasteiger partial charge >= 0.3 is 0 Å². The predicted octanol–water partition coefficient (Wildman–Crippen LogP) is 2.77. The lowest BCUT2D eigenvalue weighted by molar-refractivity contribution is 0.386. The second-order valence-electron chi connectivity index (χ2n) is 6.13. The largest absolute Gasteiger partial charge is 0.312 e. The van der Waals surface area contributed by atoms with Crippen LogP contribution in [0.2, 0.25) is 0 Å². The number of nitrogens with one attached hydrogen (secondary N) is 1. The highest BCUT2D eigenvalue weighted by Crippen LogP contribution is 2.12. The molecule has 0 radical (unpaired) electrons. The molecule has 0 aliphatic carbocycles. The van der Waals surface area contributed by atoms with Crippen LogP contribution in [-0.2, 0) is 13.5 Å². The smallest absolute Gasteiger partial charge is 0.0521 e. The van der Waals surface area contributed by atoms with E-state index in [0.29, 0.717) is 0 Å². The summed E-state index contributed by atoms with van der Waals surface area (Å²) in [6.07, 6.45) is 7.72. The SMILES string of the molecule is CC(CCNC(C)(C)C)CCc1cnn(C)c1. The van der Waals surface area contributed by atoms with Crippen LogP contribution in [0.25, 0.3) is 0 Å². The van der Waals surface area contributed by atoms with Gasteiger partial charge in [0.15, 0.2) is 0 Å². The van der Waals surface area contributed by atoms with Gasteiger partial charge in [-0.2, -0.15) is 5.10 Å². The lowest BCUT2D eigenvalue weighted by atomic mass is 9.99. The molecule has 3 nitrogen and oxygen atoms in total. The third-order valence-corrected chi connectivity index (χ3v) is 2.98. The highest BCUT2D eigenvalue weighted by molar-refractivity contribution is 5.03. The van der Waals surface area contributed by atoms with E-state index in [1.807, 2.05) is 17.9 Å². The first kappa shape index (κ1) is 14.2. The molecule has 0 aliphatic heterocycles. The Balaban J connectivity index is 2.15. The minimum absolute atomic E-state index is 0.239. The van der Waals surface area contributed by atoms with Crippen molar-refractivity contribution in [3.8, 4) is 0 Å². The molecule has 0 saturated heterocycles. The molecule has 0 aliphatic rings. The molecule has 0 fully saturated rings. The van der Waals surface area contributed by atoms with Crippen molar-refractivity contribution in [3.05, 3.63) is 18.0 Å². The van der Waals surface area contributed by atoms with E-state index in [4.69, 9.17) is 0 Å². The van der Waals surface area contributed by atoms with E-state index >= 15 is 0 Å². The highest BCUT2D eigenvalue weighted by Gasteiger charge is 2.09. The molecule has 3 heteroatoms. The quantitative estimate of drug-likeness (QED) is 0.824. The van der Waals surface area contributed by atoms with Crippen molar-refractivity contribution in [1.29, 1.82) is 0 Å². The summed E-state index contributed by atoms with van der Waals surface area (Å²) in [5.74, 6) is 0.769. The van der Waals surface area contributed by atoms with Gasteiger partial charge < -0.3 is 5.32 Å². The number of hydrogen-bond acceptors (Lipinski definition) is 2. The minimum Gasteiger partial charge on any atom is -0.312 e. The Morgan fingerprint density at radius 3 is 2.59 bits per heavy atom. The summed E-state index contributed by atoms with van der Waals surface area (Å²) in [6.45, 7) is 10.1.